The van der Waals surface area contributed by atoms with E-state index in [-0.39, 0.29) is 23.8 Å². The molecule has 2 amide bonds. The summed E-state index contributed by atoms with van der Waals surface area (Å²) in [6.45, 7) is 6.27. The molecule has 1 fully saturated rings. The van der Waals surface area contributed by atoms with E-state index in [2.05, 4.69) is 10.6 Å². The molecule has 2 rings (SSSR count). The maximum atomic E-state index is 12.8. The monoisotopic (exact) mass is 360 g/mol. The number of benzene rings is 1. The van der Waals surface area contributed by atoms with Crippen molar-refractivity contribution in [1.29, 1.82) is 0 Å². The number of para-hydroxylation sites is 1. The molecular formula is C21H32N2O3. The minimum atomic E-state index is -0.555. The summed E-state index contributed by atoms with van der Waals surface area (Å²) in [5.41, 5.74) is 0.460. The summed E-state index contributed by atoms with van der Waals surface area (Å²) in [4.78, 5) is 25.5. The fraction of sp³-hybridized carbons (Fsp3) is 0.619. The van der Waals surface area contributed by atoms with Crippen molar-refractivity contribution in [3.63, 3.8) is 0 Å². The maximum absolute atomic E-state index is 12.8. The maximum Gasteiger partial charge on any atom is 0.255 e. The van der Waals surface area contributed by atoms with Crippen LogP contribution < -0.4 is 15.4 Å². The van der Waals surface area contributed by atoms with Gasteiger partial charge in [0, 0.05) is 6.04 Å². The summed E-state index contributed by atoms with van der Waals surface area (Å²) in [5, 5.41) is 6.06. The van der Waals surface area contributed by atoms with E-state index in [0.717, 1.165) is 25.7 Å². The molecule has 0 aromatic heterocycles. The van der Waals surface area contributed by atoms with Crippen LogP contribution in [0.25, 0.3) is 0 Å². The number of carbonyl (C=O) groups is 2. The molecule has 0 bridgehead atoms. The van der Waals surface area contributed by atoms with Crippen LogP contribution in [-0.4, -0.2) is 30.5 Å². The highest BCUT2D eigenvalue weighted by atomic mass is 16.5. The number of hydrogen-bond donors (Lipinski definition) is 2. The van der Waals surface area contributed by atoms with Crippen LogP contribution in [0.1, 0.15) is 69.7 Å². The molecule has 2 N–H and O–H groups in total. The number of hydrogen-bond acceptors (Lipinski definition) is 3. The standard InChI is InChI=1S/C21H32N2O3/c1-4-26-18-14-10-9-13-17(18)20(24)23-19(15(2)3)21(25)22-16-11-7-5-6-8-12-16/h9-10,13-16,19H,4-8,11-12H2,1-3H3,(H,22,25)(H,23,24)/t19-/m0/s1. The van der Waals surface area contributed by atoms with Gasteiger partial charge in [-0.2, -0.15) is 0 Å². The molecule has 1 aromatic carbocycles. The third-order valence-corrected chi connectivity index (χ3v) is 4.87. The largest absolute Gasteiger partial charge is 0.493 e. The van der Waals surface area contributed by atoms with Crippen LogP contribution in [0, 0.1) is 5.92 Å². The van der Waals surface area contributed by atoms with Gasteiger partial charge in [-0.25, -0.2) is 0 Å². The molecule has 144 valence electrons. The van der Waals surface area contributed by atoms with E-state index >= 15 is 0 Å². The Morgan fingerprint density at radius 2 is 1.77 bits per heavy atom. The zero-order valence-corrected chi connectivity index (χ0v) is 16.2. The van der Waals surface area contributed by atoms with Gasteiger partial charge in [0.2, 0.25) is 5.91 Å². The van der Waals surface area contributed by atoms with E-state index in [1.54, 1.807) is 18.2 Å². The second-order valence-corrected chi connectivity index (χ2v) is 7.32. The first-order valence-corrected chi connectivity index (χ1v) is 9.86. The second-order valence-electron chi connectivity index (χ2n) is 7.32. The van der Waals surface area contributed by atoms with Crippen molar-refractivity contribution in [3.05, 3.63) is 29.8 Å². The van der Waals surface area contributed by atoms with Gasteiger partial charge in [-0.3, -0.25) is 9.59 Å². The lowest BCUT2D eigenvalue weighted by Gasteiger charge is -2.25. The Hall–Kier alpha value is -2.04. The number of ether oxygens (including phenoxy) is 1. The smallest absolute Gasteiger partial charge is 0.255 e. The van der Waals surface area contributed by atoms with Crippen LogP contribution >= 0.6 is 0 Å². The first kappa shape index (κ1) is 20.3. The fourth-order valence-corrected chi connectivity index (χ4v) is 3.40. The molecule has 26 heavy (non-hydrogen) atoms. The molecule has 0 saturated heterocycles. The van der Waals surface area contributed by atoms with Crippen molar-refractivity contribution in [2.75, 3.05) is 6.61 Å². The fourth-order valence-electron chi connectivity index (χ4n) is 3.40. The van der Waals surface area contributed by atoms with E-state index < -0.39 is 6.04 Å². The SMILES string of the molecule is CCOc1ccccc1C(=O)N[C@H](C(=O)NC1CCCCCC1)C(C)C. The van der Waals surface area contributed by atoms with Gasteiger partial charge in [0.1, 0.15) is 11.8 Å². The van der Waals surface area contributed by atoms with Crippen LogP contribution in [0.2, 0.25) is 0 Å². The molecule has 1 aliphatic rings. The molecule has 0 aliphatic heterocycles. The molecule has 1 atom stereocenters. The number of carbonyl (C=O) groups excluding carboxylic acids is 2. The topological polar surface area (TPSA) is 67.4 Å². The Labute approximate surface area is 156 Å². The van der Waals surface area contributed by atoms with Crippen molar-refractivity contribution in [3.8, 4) is 5.75 Å². The van der Waals surface area contributed by atoms with E-state index in [0.29, 0.717) is 17.9 Å². The molecule has 0 heterocycles. The van der Waals surface area contributed by atoms with Crippen molar-refractivity contribution < 1.29 is 14.3 Å². The molecular weight excluding hydrogens is 328 g/mol. The summed E-state index contributed by atoms with van der Waals surface area (Å²) in [6, 6.07) is 6.79. The lowest BCUT2D eigenvalue weighted by Crippen LogP contribution is -2.52. The van der Waals surface area contributed by atoms with Crippen molar-refractivity contribution in [2.45, 2.75) is 71.4 Å². The van der Waals surface area contributed by atoms with Crippen molar-refractivity contribution in [1.82, 2.24) is 10.6 Å². The summed E-state index contributed by atoms with van der Waals surface area (Å²) >= 11 is 0. The number of nitrogens with one attached hydrogen (secondary N) is 2. The Morgan fingerprint density at radius 1 is 1.12 bits per heavy atom. The molecule has 0 unspecified atom stereocenters. The zero-order valence-electron chi connectivity index (χ0n) is 16.2. The average Bonchev–Trinajstić information content (AvgIpc) is 2.88. The molecule has 1 aromatic rings. The Morgan fingerprint density at radius 3 is 2.38 bits per heavy atom. The Balaban J connectivity index is 2.05. The third-order valence-electron chi connectivity index (χ3n) is 4.87. The lowest BCUT2D eigenvalue weighted by atomic mass is 10.0. The summed E-state index contributed by atoms with van der Waals surface area (Å²) in [5.74, 6) is 0.182. The highest BCUT2D eigenvalue weighted by molar-refractivity contribution is 5.99. The van der Waals surface area contributed by atoms with Gasteiger partial charge in [-0.1, -0.05) is 51.7 Å². The van der Waals surface area contributed by atoms with Crippen LogP contribution in [0.4, 0.5) is 0 Å². The highest BCUT2D eigenvalue weighted by Crippen LogP contribution is 2.20. The van der Waals surface area contributed by atoms with Crippen LogP contribution in [0.5, 0.6) is 5.75 Å². The van der Waals surface area contributed by atoms with Gasteiger partial charge in [-0.15, -0.1) is 0 Å². The highest BCUT2D eigenvalue weighted by Gasteiger charge is 2.27. The predicted octanol–water partition coefficient (Wildman–Crippen LogP) is 3.68. The minimum absolute atomic E-state index is 0.00369. The first-order chi connectivity index (χ1) is 12.5. The Kier molecular flexibility index (Phi) is 7.95. The van der Waals surface area contributed by atoms with E-state index in [1.165, 1.54) is 12.8 Å². The molecule has 1 aliphatic carbocycles. The van der Waals surface area contributed by atoms with E-state index in [1.807, 2.05) is 26.8 Å². The molecule has 0 radical (unpaired) electrons. The summed E-state index contributed by atoms with van der Waals surface area (Å²) < 4.78 is 5.53. The molecule has 1 saturated carbocycles. The molecule has 0 spiro atoms. The summed E-state index contributed by atoms with van der Waals surface area (Å²) in [6.07, 6.45) is 6.85. The quantitative estimate of drug-likeness (QED) is 0.729. The van der Waals surface area contributed by atoms with Gasteiger partial charge in [0.05, 0.1) is 12.2 Å². The summed E-state index contributed by atoms with van der Waals surface area (Å²) in [7, 11) is 0. The van der Waals surface area contributed by atoms with Crippen LogP contribution in [0.3, 0.4) is 0 Å². The Bertz CT molecular complexity index is 593. The van der Waals surface area contributed by atoms with E-state index in [4.69, 9.17) is 4.74 Å². The second kappa shape index (κ2) is 10.2. The van der Waals surface area contributed by atoms with Gasteiger partial charge < -0.3 is 15.4 Å². The van der Waals surface area contributed by atoms with Crippen LogP contribution in [-0.2, 0) is 4.79 Å². The molecule has 5 nitrogen and oxygen atoms in total. The first-order valence-electron chi connectivity index (χ1n) is 9.86. The zero-order chi connectivity index (χ0) is 18.9. The van der Waals surface area contributed by atoms with Gasteiger partial charge in [0.15, 0.2) is 0 Å². The minimum Gasteiger partial charge on any atom is -0.493 e. The van der Waals surface area contributed by atoms with E-state index in [9.17, 15) is 9.59 Å². The van der Waals surface area contributed by atoms with Gasteiger partial charge in [0.25, 0.3) is 5.91 Å². The van der Waals surface area contributed by atoms with Gasteiger partial charge in [-0.05, 0) is 37.8 Å². The number of amides is 2. The number of rotatable bonds is 7. The van der Waals surface area contributed by atoms with Crippen LogP contribution in [0.15, 0.2) is 24.3 Å². The van der Waals surface area contributed by atoms with Crippen molar-refractivity contribution in [2.24, 2.45) is 5.92 Å². The van der Waals surface area contributed by atoms with Gasteiger partial charge >= 0.3 is 0 Å². The predicted molar refractivity (Wildman–Crippen MR) is 103 cm³/mol. The average molecular weight is 360 g/mol. The lowest BCUT2D eigenvalue weighted by molar-refractivity contribution is -0.124. The third kappa shape index (κ3) is 5.75. The van der Waals surface area contributed by atoms with Crippen molar-refractivity contribution >= 4 is 11.8 Å². The molecule has 5 heteroatoms. The normalized spacial score (nSPS) is 16.6.